The summed E-state index contributed by atoms with van der Waals surface area (Å²) in [6, 6.07) is 17.0. The van der Waals surface area contributed by atoms with Crippen molar-refractivity contribution >= 4 is 11.6 Å². The van der Waals surface area contributed by atoms with Crippen LogP contribution in [0.25, 0.3) is 0 Å². The highest BCUT2D eigenvalue weighted by Crippen LogP contribution is 2.17. The van der Waals surface area contributed by atoms with Gasteiger partial charge < -0.3 is 15.1 Å². The van der Waals surface area contributed by atoms with Gasteiger partial charge in [0.05, 0.1) is 0 Å². The first-order chi connectivity index (χ1) is 11.8. The summed E-state index contributed by atoms with van der Waals surface area (Å²) in [5.74, 6) is 0.737. The Hall–Kier alpha value is -2.56. The maximum atomic E-state index is 13.0. The molecule has 1 aliphatic rings. The molecular formula is C19H23FN4. The molecule has 0 atom stereocenters. The SMILES string of the molecule is CN=C(NCc1ccccc1)N1CCN(c2ccc(F)cc2)CC1. The first-order valence-electron chi connectivity index (χ1n) is 8.26. The van der Waals surface area contributed by atoms with Crippen LogP contribution in [0.3, 0.4) is 0 Å². The molecule has 0 aromatic heterocycles. The molecule has 1 aliphatic heterocycles. The average Bonchev–Trinajstić information content (AvgIpc) is 2.64. The Labute approximate surface area is 142 Å². The van der Waals surface area contributed by atoms with E-state index in [4.69, 9.17) is 0 Å². The lowest BCUT2D eigenvalue weighted by Gasteiger charge is -2.37. The highest BCUT2D eigenvalue weighted by molar-refractivity contribution is 5.80. The van der Waals surface area contributed by atoms with Gasteiger partial charge in [-0.05, 0) is 29.8 Å². The highest BCUT2D eigenvalue weighted by Gasteiger charge is 2.19. The van der Waals surface area contributed by atoms with Crippen LogP contribution in [0, 0.1) is 5.82 Å². The molecular weight excluding hydrogens is 303 g/mol. The second-order valence-corrected chi connectivity index (χ2v) is 5.84. The molecule has 1 N–H and O–H groups in total. The lowest BCUT2D eigenvalue weighted by Crippen LogP contribution is -2.52. The van der Waals surface area contributed by atoms with Gasteiger partial charge in [-0.25, -0.2) is 4.39 Å². The van der Waals surface area contributed by atoms with Crippen molar-refractivity contribution in [2.75, 3.05) is 38.1 Å². The van der Waals surface area contributed by atoms with Gasteiger partial charge in [0.1, 0.15) is 5.82 Å². The Bertz CT molecular complexity index is 662. The normalized spacial score (nSPS) is 15.5. The number of nitrogens with one attached hydrogen (secondary N) is 1. The van der Waals surface area contributed by atoms with Crippen molar-refractivity contribution in [3.63, 3.8) is 0 Å². The standard InChI is InChI=1S/C19H23FN4/c1-21-19(22-15-16-5-3-2-4-6-16)24-13-11-23(12-14-24)18-9-7-17(20)8-10-18/h2-10H,11-15H2,1H3,(H,21,22). The van der Waals surface area contributed by atoms with E-state index in [1.165, 1.54) is 17.7 Å². The molecule has 2 aromatic rings. The quantitative estimate of drug-likeness (QED) is 0.695. The number of aliphatic imine (C=N–C) groups is 1. The molecule has 0 spiro atoms. The van der Waals surface area contributed by atoms with Crippen LogP contribution in [0.2, 0.25) is 0 Å². The molecule has 1 fully saturated rings. The Kier molecular flexibility index (Phi) is 5.31. The fourth-order valence-corrected chi connectivity index (χ4v) is 2.94. The van der Waals surface area contributed by atoms with Crippen molar-refractivity contribution in [2.24, 2.45) is 4.99 Å². The number of benzene rings is 2. The van der Waals surface area contributed by atoms with E-state index in [0.717, 1.165) is 44.4 Å². The smallest absolute Gasteiger partial charge is 0.194 e. The topological polar surface area (TPSA) is 30.9 Å². The third-order valence-corrected chi connectivity index (χ3v) is 4.28. The number of anilines is 1. The number of rotatable bonds is 3. The fraction of sp³-hybridized carbons (Fsp3) is 0.316. The molecule has 0 radical (unpaired) electrons. The van der Waals surface area contributed by atoms with Gasteiger partial charge in [0.2, 0.25) is 0 Å². The maximum absolute atomic E-state index is 13.0. The van der Waals surface area contributed by atoms with Crippen LogP contribution in [0.5, 0.6) is 0 Å². The zero-order chi connectivity index (χ0) is 16.8. The third-order valence-electron chi connectivity index (χ3n) is 4.28. The minimum absolute atomic E-state index is 0.192. The Morgan fingerprint density at radius 3 is 2.29 bits per heavy atom. The molecule has 126 valence electrons. The molecule has 24 heavy (non-hydrogen) atoms. The molecule has 4 nitrogen and oxygen atoms in total. The monoisotopic (exact) mass is 326 g/mol. The van der Waals surface area contributed by atoms with Crippen LogP contribution in [-0.4, -0.2) is 44.1 Å². The summed E-state index contributed by atoms with van der Waals surface area (Å²) >= 11 is 0. The van der Waals surface area contributed by atoms with E-state index in [9.17, 15) is 4.39 Å². The molecule has 0 aliphatic carbocycles. The van der Waals surface area contributed by atoms with Crippen molar-refractivity contribution in [1.29, 1.82) is 0 Å². The Morgan fingerprint density at radius 2 is 1.67 bits per heavy atom. The van der Waals surface area contributed by atoms with Crippen molar-refractivity contribution in [3.05, 3.63) is 66.0 Å². The zero-order valence-electron chi connectivity index (χ0n) is 14.0. The zero-order valence-corrected chi connectivity index (χ0v) is 14.0. The summed E-state index contributed by atoms with van der Waals surface area (Å²) in [7, 11) is 1.82. The summed E-state index contributed by atoms with van der Waals surface area (Å²) in [6.07, 6.45) is 0. The molecule has 0 saturated carbocycles. The molecule has 0 bridgehead atoms. The first-order valence-corrected chi connectivity index (χ1v) is 8.26. The summed E-state index contributed by atoms with van der Waals surface area (Å²) in [4.78, 5) is 8.94. The summed E-state index contributed by atoms with van der Waals surface area (Å²) < 4.78 is 13.0. The Morgan fingerprint density at radius 1 is 1.00 bits per heavy atom. The number of piperazine rings is 1. The van der Waals surface area contributed by atoms with Crippen LogP contribution in [0.4, 0.5) is 10.1 Å². The van der Waals surface area contributed by atoms with Gasteiger partial charge >= 0.3 is 0 Å². The minimum Gasteiger partial charge on any atom is -0.368 e. The molecule has 5 heteroatoms. The van der Waals surface area contributed by atoms with Gasteiger partial charge in [0.15, 0.2) is 5.96 Å². The van der Waals surface area contributed by atoms with Crippen molar-refractivity contribution in [3.8, 4) is 0 Å². The lowest BCUT2D eigenvalue weighted by molar-refractivity contribution is 0.372. The number of halogens is 1. The van der Waals surface area contributed by atoms with Gasteiger partial charge in [-0.1, -0.05) is 30.3 Å². The summed E-state index contributed by atoms with van der Waals surface area (Å²) in [5, 5.41) is 3.43. The number of nitrogens with zero attached hydrogens (tertiary/aromatic N) is 3. The second kappa shape index (κ2) is 7.81. The van der Waals surface area contributed by atoms with Gasteiger partial charge in [-0.15, -0.1) is 0 Å². The highest BCUT2D eigenvalue weighted by atomic mass is 19.1. The van der Waals surface area contributed by atoms with E-state index in [2.05, 4.69) is 32.2 Å². The van der Waals surface area contributed by atoms with E-state index in [1.807, 2.05) is 37.4 Å². The fourth-order valence-electron chi connectivity index (χ4n) is 2.94. The molecule has 0 unspecified atom stereocenters. The third kappa shape index (κ3) is 4.04. The van der Waals surface area contributed by atoms with Gasteiger partial charge in [0.25, 0.3) is 0 Å². The van der Waals surface area contributed by atoms with Crippen molar-refractivity contribution < 1.29 is 4.39 Å². The minimum atomic E-state index is -0.192. The molecule has 0 amide bonds. The molecule has 1 saturated heterocycles. The predicted octanol–water partition coefficient (Wildman–Crippen LogP) is 2.72. The lowest BCUT2D eigenvalue weighted by atomic mass is 10.2. The first kappa shape index (κ1) is 16.3. The Balaban J connectivity index is 1.53. The van der Waals surface area contributed by atoms with Crippen molar-refractivity contribution in [1.82, 2.24) is 10.2 Å². The van der Waals surface area contributed by atoms with Crippen LogP contribution in [0.15, 0.2) is 59.6 Å². The second-order valence-electron chi connectivity index (χ2n) is 5.84. The van der Waals surface area contributed by atoms with E-state index >= 15 is 0 Å². The van der Waals surface area contributed by atoms with Crippen molar-refractivity contribution in [2.45, 2.75) is 6.54 Å². The van der Waals surface area contributed by atoms with Crippen LogP contribution in [-0.2, 0) is 6.54 Å². The number of hydrogen-bond donors (Lipinski definition) is 1. The van der Waals surface area contributed by atoms with E-state index in [-0.39, 0.29) is 5.82 Å². The summed E-state index contributed by atoms with van der Waals surface area (Å²) in [6.45, 7) is 4.36. The number of hydrogen-bond acceptors (Lipinski definition) is 2. The van der Waals surface area contributed by atoms with Gasteiger partial charge in [0, 0.05) is 45.5 Å². The molecule has 1 heterocycles. The average molecular weight is 326 g/mol. The van der Waals surface area contributed by atoms with Gasteiger partial charge in [-0.2, -0.15) is 0 Å². The largest absolute Gasteiger partial charge is 0.368 e. The number of guanidine groups is 1. The predicted molar refractivity (Wildman–Crippen MR) is 96.8 cm³/mol. The van der Waals surface area contributed by atoms with Crippen LogP contribution in [0.1, 0.15) is 5.56 Å². The van der Waals surface area contributed by atoms with Gasteiger partial charge in [-0.3, -0.25) is 4.99 Å². The van der Waals surface area contributed by atoms with E-state index < -0.39 is 0 Å². The van der Waals surface area contributed by atoms with E-state index in [1.54, 1.807) is 0 Å². The van der Waals surface area contributed by atoms with E-state index in [0.29, 0.717) is 0 Å². The van der Waals surface area contributed by atoms with Crippen LogP contribution >= 0.6 is 0 Å². The molecule has 3 rings (SSSR count). The summed E-state index contributed by atoms with van der Waals surface area (Å²) in [5.41, 5.74) is 2.31. The van der Waals surface area contributed by atoms with Crippen LogP contribution < -0.4 is 10.2 Å². The molecule has 2 aromatic carbocycles. The maximum Gasteiger partial charge on any atom is 0.194 e.